The molecule has 0 radical (unpaired) electrons. The molecule has 1 aliphatic carbocycles. The van der Waals surface area contributed by atoms with Crippen LogP contribution >= 0.6 is 0 Å². The fraction of sp³-hybridized carbons (Fsp3) is 0.750. The van der Waals surface area contributed by atoms with Crippen LogP contribution in [0, 0.1) is 5.92 Å². The third-order valence-corrected chi connectivity index (χ3v) is 3.71. The molecular formula is C16H26O4. The number of hydrogen-bond acceptors (Lipinski definition) is 4. The molecule has 0 aromatic heterocycles. The lowest BCUT2D eigenvalue weighted by Gasteiger charge is -2.25. The molecule has 114 valence electrons. The minimum Gasteiger partial charge on any atom is -0.463 e. The van der Waals surface area contributed by atoms with Crippen molar-refractivity contribution in [2.24, 2.45) is 5.92 Å². The maximum atomic E-state index is 12.3. The van der Waals surface area contributed by atoms with E-state index in [0.29, 0.717) is 30.8 Å². The van der Waals surface area contributed by atoms with Gasteiger partial charge in [0.05, 0.1) is 18.8 Å². The van der Waals surface area contributed by atoms with Crippen LogP contribution in [0.4, 0.5) is 0 Å². The van der Waals surface area contributed by atoms with E-state index < -0.39 is 0 Å². The Morgan fingerprint density at radius 2 is 1.45 bits per heavy atom. The van der Waals surface area contributed by atoms with Gasteiger partial charge in [0.25, 0.3) is 0 Å². The van der Waals surface area contributed by atoms with Gasteiger partial charge in [0.15, 0.2) is 0 Å². The van der Waals surface area contributed by atoms with Crippen LogP contribution in [0.3, 0.4) is 0 Å². The molecule has 0 saturated heterocycles. The van der Waals surface area contributed by atoms with Gasteiger partial charge in [-0.05, 0) is 39.0 Å². The van der Waals surface area contributed by atoms with Crippen LogP contribution in [0.1, 0.15) is 59.3 Å². The predicted molar refractivity (Wildman–Crippen MR) is 77.2 cm³/mol. The van der Waals surface area contributed by atoms with Crippen molar-refractivity contribution in [2.45, 2.75) is 59.3 Å². The van der Waals surface area contributed by atoms with Crippen molar-refractivity contribution >= 4 is 11.9 Å². The second-order valence-corrected chi connectivity index (χ2v) is 5.02. The van der Waals surface area contributed by atoms with E-state index in [1.54, 1.807) is 13.8 Å². The molecule has 1 rings (SSSR count). The number of carbonyl (C=O) groups is 2. The number of rotatable bonds is 6. The van der Waals surface area contributed by atoms with Crippen LogP contribution in [0.2, 0.25) is 0 Å². The molecule has 0 amide bonds. The Morgan fingerprint density at radius 1 is 0.900 bits per heavy atom. The number of carbonyl (C=O) groups excluding carboxylic acids is 2. The van der Waals surface area contributed by atoms with E-state index >= 15 is 0 Å². The molecule has 0 aromatic carbocycles. The normalized spacial score (nSPS) is 17.4. The molecule has 0 N–H and O–H groups in total. The third-order valence-electron chi connectivity index (χ3n) is 3.71. The molecule has 4 heteroatoms. The Kier molecular flexibility index (Phi) is 7.34. The van der Waals surface area contributed by atoms with Gasteiger partial charge in [-0.2, -0.15) is 0 Å². The molecular weight excluding hydrogens is 256 g/mol. The molecule has 0 atom stereocenters. The van der Waals surface area contributed by atoms with Crippen molar-refractivity contribution in [2.75, 3.05) is 13.2 Å². The monoisotopic (exact) mass is 282 g/mol. The van der Waals surface area contributed by atoms with Crippen LogP contribution < -0.4 is 0 Å². The fourth-order valence-corrected chi connectivity index (χ4v) is 2.80. The maximum Gasteiger partial charge on any atom is 0.334 e. The summed E-state index contributed by atoms with van der Waals surface area (Å²) >= 11 is 0. The summed E-state index contributed by atoms with van der Waals surface area (Å²) in [6.07, 6.45) is 5.83. The first-order valence-electron chi connectivity index (χ1n) is 7.72. The maximum absolute atomic E-state index is 12.3. The summed E-state index contributed by atoms with van der Waals surface area (Å²) in [5.41, 5.74) is 1.06. The van der Waals surface area contributed by atoms with Crippen LogP contribution in [0.5, 0.6) is 0 Å². The highest BCUT2D eigenvalue weighted by atomic mass is 16.5. The molecule has 0 heterocycles. The highest BCUT2D eigenvalue weighted by molar-refractivity contribution is 6.00. The first-order chi connectivity index (χ1) is 9.65. The van der Waals surface area contributed by atoms with Gasteiger partial charge in [-0.25, -0.2) is 9.59 Å². The fourth-order valence-electron chi connectivity index (χ4n) is 2.80. The lowest BCUT2D eigenvalue weighted by molar-refractivity contribution is -0.142. The topological polar surface area (TPSA) is 52.6 Å². The molecule has 0 bridgehead atoms. The second-order valence-electron chi connectivity index (χ2n) is 5.02. The average Bonchev–Trinajstić information content (AvgIpc) is 2.45. The molecule has 20 heavy (non-hydrogen) atoms. The van der Waals surface area contributed by atoms with Crippen LogP contribution in [0.15, 0.2) is 11.1 Å². The standard InChI is InChI=1S/C16H26O4/c1-4-13(15(17)19-5-2)14(16(18)20-6-3)12-10-8-7-9-11-12/h12H,4-11H2,1-3H3. The van der Waals surface area contributed by atoms with E-state index in [9.17, 15) is 9.59 Å². The van der Waals surface area contributed by atoms with E-state index in [1.807, 2.05) is 6.92 Å². The highest BCUT2D eigenvalue weighted by Crippen LogP contribution is 2.33. The molecule has 4 nitrogen and oxygen atoms in total. The van der Waals surface area contributed by atoms with E-state index in [2.05, 4.69) is 0 Å². The van der Waals surface area contributed by atoms with Gasteiger partial charge < -0.3 is 9.47 Å². The number of ether oxygens (including phenoxy) is 2. The van der Waals surface area contributed by atoms with E-state index in [4.69, 9.17) is 9.47 Å². The van der Waals surface area contributed by atoms with E-state index in [0.717, 1.165) is 25.7 Å². The summed E-state index contributed by atoms with van der Waals surface area (Å²) < 4.78 is 10.3. The van der Waals surface area contributed by atoms with Crippen molar-refractivity contribution in [3.63, 3.8) is 0 Å². The van der Waals surface area contributed by atoms with E-state index in [-0.39, 0.29) is 17.9 Å². The van der Waals surface area contributed by atoms with Crippen molar-refractivity contribution in [3.05, 3.63) is 11.1 Å². The third kappa shape index (κ3) is 4.36. The highest BCUT2D eigenvalue weighted by Gasteiger charge is 2.29. The minimum atomic E-state index is -0.372. The van der Waals surface area contributed by atoms with Gasteiger partial charge in [0.1, 0.15) is 0 Å². The zero-order chi connectivity index (χ0) is 15.0. The first kappa shape index (κ1) is 16.7. The number of hydrogen-bond donors (Lipinski definition) is 0. The Hall–Kier alpha value is -1.32. The second kappa shape index (κ2) is 8.77. The van der Waals surface area contributed by atoms with Gasteiger partial charge >= 0.3 is 11.9 Å². The smallest absolute Gasteiger partial charge is 0.334 e. The van der Waals surface area contributed by atoms with Crippen molar-refractivity contribution in [1.82, 2.24) is 0 Å². The van der Waals surface area contributed by atoms with Gasteiger partial charge in [0.2, 0.25) is 0 Å². The summed E-state index contributed by atoms with van der Waals surface area (Å²) in [5.74, 6) is -0.574. The van der Waals surface area contributed by atoms with Crippen LogP contribution in [-0.2, 0) is 19.1 Å². The minimum absolute atomic E-state index is 0.141. The summed E-state index contributed by atoms with van der Waals surface area (Å²) in [6.45, 7) is 6.09. The Bertz CT molecular complexity index is 365. The summed E-state index contributed by atoms with van der Waals surface area (Å²) in [6, 6.07) is 0. The number of esters is 2. The molecule has 1 aliphatic rings. The van der Waals surface area contributed by atoms with Gasteiger partial charge in [-0.15, -0.1) is 0 Å². The quantitative estimate of drug-likeness (QED) is 0.553. The summed E-state index contributed by atoms with van der Waals surface area (Å²) in [7, 11) is 0. The van der Waals surface area contributed by atoms with E-state index in [1.165, 1.54) is 6.42 Å². The van der Waals surface area contributed by atoms with Crippen LogP contribution in [-0.4, -0.2) is 25.2 Å². The van der Waals surface area contributed by atoms with Gasteiger partial charge in [-0.3, -0.25) is 0 Å². The average molecular weight is 282 g/mol. The van der Waals surface area contributed by atoms with Crippen LogP contribution in [0.25, 0.3) is 0 Å². The Morgan fingerprint density at radius 3 is 1.95 bits per heavy atom. The van der Waals surface area contributed by atoms with Gasteiger partial charge in [0, 0.05) is 5.57 Å². The lowest BCUT2D eigenvalue weighted by Crippen LogP contribution is -2.23. The summed E-state index contributed by atoms with van der Waals surface area (Å²) in [5, 5.41) is 0. The molecule has 1 fully saturated rings. The molecule has 0 aromatic rings. The zero-order valence-electron chi connectivity index (χ0n) is 12.9. The lowest BCUT2D eigenvalue weighted by atomic mass is 9.81. The van der Waals surface area contributed by atoms with Crippen molar-refractivity contribution in [3.8, 4) is 0 Å². The molecule has 1 saturated carbocycles. The van der Waals surface area contributed by atoms with Crippen molar-refractivity contribution in [1.29, 1.82) is 0 Å². The SMILES string of the molecule is CCOC(=O)C(CC)=C(C(=O)OCC)C1CCCCC1. The first-order valence-corrected chi connectivity index (χ1v) is 7.72. The molecule has 0 spiro atoms. The zero-order valence-corrected chi connectivity index (χ0v) is 12.9. The summed E-state index contributed by atoms with van der Waals surface area (Å²) in [4.78, 5) is 24.3. The molecule has 0 aliphatic heterocycles. The Labute approximate surface area is 121 Å². The predicted octanol–water partition coefficient (Wildman–Crippen LogP) is 3.40. The largest absolute Gasteiger partial charge is 0.463 e. The molecule has 0 unspecified atom stereocenters. The van der Waals surface area contributed by atoms with Crippen molar-refractivity contribution < 1.29 is 19.1 Å². The Balaban J connectivity index is 3.10. The van der Waals surface area contributed by atoms with Gasteiger partial charge in [-0.1, -0.05) is 26.2 Å².